The fraction of sp³-hybridized carbons (Fsp3) is 0.700. The highest BCUT2D eigenvalue weighted by Crippen LogP contribution is 2.08. The van der Waals surface area contributed by atoms with Gasteiger partial charge < -0.3 is 4.98 Å². The molecule has 5 nitrogen and oxygen atoms in total. The van der Waals surface area contributed by atoms with Gasteiger partial charge in [0.25, 0.3) is 10.0 Å². The van der Waals surface area contributed by atoms with E-state index in [1.807, 2.05) is 20.8 Å². The predicted molar refractivity (Wildman–Crippen MR) is 62.7 cm³/mol. The maximum Gasteiger partial charge on any atom is 0.257 e. The van der Waals surface area contributed by atoms with Crippen LogP contribution in [0.5, 0.6) is 0 Å². The van der Waals surface area contributed by atoms with Crippen LogP contribution in [0.4, 0.5) is 0 Å². The van der Waals surface area contributed by atoms with Crippen LogP contribution in [0, 0.1) is 0 Å². The summed E-state index contributed by atoms with van der Waals surface area (Å²) in [5.41, 5.74) is 0. The molecule has 0 amide bonds. The maximum atomic E-state index is 11.9. The third-order valence-electron chi connectivity index (χ3n) is 2.54. The molecule has 16 heavy (non-hydrogen) atoms. The SMILES string of the molecule is CCc1ncc(S(=O)(=O)NC(CC)CC)[nH]1. The van der Waals surface area contributed by atoms with Gasteiger partial charge in [0.15, 0.2) is 5.03 Å². The molecule has 0 aromatic carbocycles. The van der Waals surface area contributed by atoms with Gasteiger partial charge in [0.2, 0.25) is 0 Å². The Hall–Kier alpha value is -0.880. The van der Waals surface area contributed by atoms with Crippen LogP contribution in [0.15, 0.2) is 11.2 Å². The lowest BCUT2D eigenvalue weighted by molar-refractivity contribution is 0.528. The zero-order chi connectivity index (χ0) is 12.2. The molecule has 0 radical (unpaired) electrons. The third-order valence-corrected chi connectivity index (χ3v) is 3.97. The van der Waals surface area contributed by atoms with E-state index in [0.29, 0.717) is 12.2 Å². The minimum Gasteiger partial charge on any atom is -0.332 e. The molecule has 0 aliphatic carbocycles. The molecule has 0 saturated heterocycles. The van der Waals surface area contributed by atoms with Crippen molar-refractivity contribution in [1.82, 2.24) is 14.7 Å². The van der Waals surface area contributed by atoms with Gasteiger partial charge >= 0.3 is 0 Å². The van der Waals surface area contributed by atoms with Crippen LogP contribution in [0.25, 0.3) is 0 Å². The molecule has 1 aromatic heterocycles. The summed E-state index contributed by atoms with van der Waals surface area (Å²) in [6, 6.07) is -0.0154. The Morgan fingerprint density at radius 3 is 2.44 bits per heavy atom. The number of hydrogen-bond acceptors (Lipinski definition) is 3. The molecule has 2 N–H and O–H groups in total. The Balaban J connectivity index is 2.85. The lowest BCUT2D eigenvalue weighted by atomic mass is 10.2. The third kappa shape index (κ3) is 3.05. The first-order valence-corrected chi connectivity index (χ1v) is 7.08. The van der Waals surface area contributed by atoms with Crippen LogP contribution < -0.4 is 4.72 Å². The number of imidazole rings is 1. The van der Waals surface area contributed by atoms with Gasteiger partial charge in [0, 0.05) is 12.5 Å². The van der Waals surface area contributed by atoms with E-state index in [9.17, 15) is 8.42 Å². The second-order valence-electron chi connectivity index (χ2n) is 3.68. The molecule has 92 valence electrons. The van der Waals surface area contributed by atoms with Crippen molar-refractivity contribution in [3.8, 4) is 0 Å². The lowest BCUT2D eigenvalue weighted by Gasteiger charge is -2.13. The number of H-pyrrole nitrogens is 1. The van der Waals surface area contributed by atoms with Gasteiger partial charge in [-0.15, -0.1) is 0 Å². The summed E-state index contributed by atoms with van der Waals surface area (Å²) in [5, 5.41) is 0.149. The van der Waals surface area contributed by atoms with Crippen molar-refractivity contribution in [2.75, 3.05) is 0 Å². The molecule has 0 unspecified atom stereocenters. The zero-order valence-corrected chi connectivity index (χ0v) is 10.8. The number of hydrogen-bond donors (Lipinski definition) is 2. The summed E-state index contributed by atoms with van der Waals surface area (Å²) in [7, 11) is -3.44. The number of nitrogens with one attached hydrogen (secondary N) is 2. The van der Waals surface area contributed by atoms with E-state index in [1.165, 1.54) is 6.20 Å². The van der Waals surface area contributed by atoms with Crippen molar-refractivity contribution >= 4 is 10.0 Å². The molecule has 0 aliphatic rings. The van der Waals surface area contributed by atoms with E-state index in [0.717, 1.165) is 12.8 Å². The van der Waals surface area contributed by atoms with Crippen LogP contribution in [0.1, 0.15) is 39.4 Å². The highest BCUT2D eigenvalue weighted by molar-refractivity contribution is 7.89. The first kappa shape index (κ1) is 13.2. The highest BCUT2D eigenvalue weighted by Gasteiger charge is 2.19. The van der Waals surface area contributed by atoms with Gasteiger partial charge in [-0.1, -0.05) is 20.8 Å². The first-order valence-electron chi connectivity index (χ1n) is 5.59. The highest BCUT2D eigenvalue weighted by atomic mass is 32.2. The quantitative estimate of drug-likeness (QED) is 0.796. The molecule has 1 rings (SSSR count). The Morgan fingerprint density at radius 1 is 1.38 bits per heavy atom. The largest absolute Gasteiger partial charge is 0.332 e. The number of aromatic amines is 1. The standard InChI is InChI=1S/C10H19N3O2S/c1-4-8(5-2)13-16(14,15)10-7-11-9(6-3)12-10/h7-8,13H,4-6H2,1-3H3,(H,11,12). The van der Waals surface area contributed by atoms with Crippen LogP contribution >= 0.6 is 0 Å². The van der Waals surface area contributed by atoms with E-state index in [4.69, 9.17) is 0 Å². The summed E-state index contributed by atoms with van der Waals surface area (Å²) in [6.45, 7) is 5.84. The minimum atomic E-state index is -3.44. The van der Waals surface area contributed by atoms with Gasteiger partial charge in [0.05, 0.1) is 6.20 Å². The number of sulfonamides is 1. The summed E-state index contributed by atoms with van der Waals surface area (Å²) in [5.74, 6) is 0.685. The molecular weight excluding hydrogens is 226 g/mol. The van der Waals surface area contributed by atoms with E-state index < -0.39 is 10.0 Å². The van der Waals surface area contributed by atoms with Crippen molar-refractivity contribution in [1.29, 1.82) is 0 Å². The molecule has 0 fully saturated rings. The topological polar surface area (TPSA) is 74.8 Å². The van der Waals surface area contributed by atoms with Gasteiger partial charge in [-0.3, -0.25) is 0 Å². The second-order valence-corrected chi connectivity index (χ2v) is 5.36. The molecule has 0 spiro atoms. The van der Waals surface area contributed by atoms with Crippen molar-refractivity contribution in [2.45, 2.75) is 51.1 Å². The monoisotopic (exact) mass is 245 g/mol. The predicted octanol–water partition coefficient (Wildman–Crippen LogP) is 1.44. The normalized spacial score (nSPS) is 12.2. The van der Waals surface area contributed by atoms with Gasteiger partial charge in [-0.2, -0.15) is 0 Å². The number of rotatable bonds is 6. The van der Waals surface area contributed by atoms with Crippen molar-refractivity contribution < 1.29 is 8.42 Å². The fourth-order valence-corrected chi connectivity index (χ4v) is 2.74. The summed E-state index contributed by atoms with van der Waals surface area (Å²) in [6.07, 6.45) is 3.62. The number of aryl methyl sites for hydroxylation is 1. The average molecular weight is 245 g/mol. The van der Waals surface area contributed by atoms with Crippen molar-refractivity contribution in [3.63, 3.8) is 0 Å². The molecule has 1 aromatic rings. The Labute approximate surface area is 96.7 Å². The van der Waals surface area contributed by atoms with E-state index >= 15 is 0 Å². The van der Waals surface area contributed by atoms with Crippen LogP contribution in [-0.4, -0.2) is 24.4 Å². The summed E-state index contributed by atoms with van der Waals surface area (Å²) < 4.78 is 26.5. The fourth-order valence-electron chi connectivity index (χ4n) is 1.40. The van der Waals surface area contributed by atoms with Crippen molar-refractivity contribution in [2.24, 2.45) is 0 Å². The maximum absolute atomic E-state index is 11.9. The van der Waals surface area contributed by atoms with E-state index in [1.54, 1.807) is 0 Å². The molecule has 6 heteroatoms. The second kappa shape index (κ2) is 5.45. The molecule has 1 heterocycles. The van der Waals surface area contributed by atoms with Gasteiger partial charge in [-0.25, -0.2) is 18.1 Å². The van der Waals surface area contributed by atoms with Crippen LogP contribution in [0.2, 0.25) is 0 Å². The Bertz CT molecular complexity index is 421. The molecule has 0 aliphatic heterocycles. The molecule has 0 atom stereocenters. The van der Waals surface area contributed by atoms with E-state index in [2.05, 4.69) is 14.7 Å². The number of aromatic nitrogens is 2. The smallest absolute Gasteiger partial charge is 0.257 e. The Morgan fingerprint density at radius 2 is 2.00 bits per heavy atom. The molecule has 0 saturated carbocycles. The van der Waals surface area contributed by atoms with E-state index in [-0.39, 0.29) is 11.1 Å². The van der Waals surface area contributed by atoms with Gasteiger partial charge in [-0.05, 0) is 12.8 Å². The summed E-state index contributed by atoms with van der Waals surface area (Å²) >= 11 is 0. The average Bonchev–Trinajstić information content (AvgIpc) is 2.75. The van der Waals surface area contributed by atoms with Gasteiger partial charge in [0.1, 0.15) is 5.82 Å². The lowest BCUT2D eigenvalue weighted by Crippen LogP contribution is -2.34. The molecule has 0 bridgehead atoms. The molecular formula is C10H19N3O2S. The summed E-state index contributed by atoms with van der Waals surface area (Å²) in [4.78, 5) is 6.78. The van der Waals surface area contributed by atoms with Crippen LogP contribution in [0.3, 0.4) is 0 Å². The minimum absolute atomic E-state index is 0.0154. The zero-order valence-electron chi connectivity index (χ0n) is 9.95. The van der Waals surface area contributed by atoms with Crippen molar-refractivity contribution in [3.05, 3.63) is 12.0 Å². The van der Waals surface area contributed by atoms with Crippen LogP contribution in [-0.2, 0) is 16.4 Å². The first-order chi connectivity index (χ1) is 7.53. The number of nitrogens with zero attached hydrogens (tertiary/aromatic N) is 1. The Kier molecular flexibility index (Phi) is 4.49.